The van der Waals surface area contributed by atoms with Crippen molar-refractivity contribution < 1.29 is 27.6 Å². The Labute approximate surface area is 151 Å². The zero-order chi connectivity index (χ0) is 18.6. The van der Waals surface area contributed by atoms with Gasteiger partial charge in [-0.2, -0.15) is 4.31 Å². The fourth-order valence-corrected chi connectivity index (χ4v) is 4.41. The maximum Gasteiger partial charge on any atom is 0.413 e. The first-order chi connectivity index (χ1) is 11.8. The summed E-state index contributed by atoms with van der Waals surface area (Å²) in [6, 6.07) is 5.64. The molecule has 8 nitrogen and oxygen atoms in total. The normalized spacial score (nSPS) is 17.7. The summed E-state index contributed by atoms with van der Waals surface area (Å²) >= 11 is 5.87. The fourth-order valence-electron chi connectivity index (χ4n) is 2.67. The number of benzene rings is 1. The number of methoxy groups -OCH3 is 1. The van der Waals surface area contributed by atoms with Crippen LogP contribution in [-0.4, -0.2) is 64.1 Å². The Kier molecular flexibility index (Phi) is 6.39. The van der Waals surface area contributed by atoms with Gasteiger partial charge in [-0.3, -0.25) is 10.1 Å². The lowest BCUT2D eigenvalue weighted by Gasteiger charge is -2.34. The third-order valence-electron chi connectivity index (χ3n) is 4.21. The third kappa shape index (κ3) is 4.69. The summed E-state index contributed by atoms with van der Waals surface area (Å²) in [7, 11) is -2.44. The SMILES string of the molecule is COC(=O)NC(=O)[C@H](C)[NH+]1CCN(S(=O)(=O)c2cccc(Cl)c2)CC1. The van der Waals surface area contributed by atoms with Crippen LogP contribution in [0.3, 0.4) is 0 Å². The van der Waals surface area contributed by atoms with Crippen molar-refractivity contribution in [2.75, 3.05) is 33.3 Å². The van der Waals surface area contributed by atoms with Crippen molar-refractivity contribution in [2.45, 2.75) is 17.9 Å². The molecule has 0 bridgehead atoms. The predicted molar refractivity (Wildman–Crippen MR) is 90.9 cm³/mol. The number of carbonyl (C=O) groups is 2. The Morgan fingerprint density at radius 2 is 1.96 bits per heavy atom. The molecule has 2 N–H and O–H groups in total. The van der Waals surface area contributed by atoms with Crippen LogP contribution in [0.4, 0.5) is 4.79 Å². The van der Waals surface area contributed by atoms with Crippen molar-refractivity contribution in [2.24, 2.45) is 0 Å². The van der Waals surface area contributed by atoms with Crippen molar-refractivity contribution in [1.29, 1.82) is 0 Å². The van der Waals surface area contributed by atoms with Crippen LogP contribution in [0.15, 0.2) is 29.2 Å². The largest absolute Gasteiger partial charge is 0.453 e. The maximum absolute atomic E-state index is 12.7. The van der Waals surface area contributed by atoms with Gasteiger partial charge in [0.2, 0.25) is 10.0 Å². The van der Waals surface area contributed by atoms with E-state index in [1.807, 2.05) is 0 Å². The van der Waals surface area contributed by atoms with Gasteiger partial charge in [-0.25, -0.2) is 13.2 Å². The average Bonchev–Trinajstić information content (AvgIpc) is 2.61. The van der Waals surface area contributed by atoms with Gasteiger partial charge in [-0.05, 0) is 25.1 Å². The molecule has 138 valence electrons. The van der Waals surface area contributed by atoms with Crippen molar-refractivity contribution in [3.63, 3.8) is 0 Å². The van der Waals surface area contributed by atoms with E-state index in [0.29, 0.717) is 18.1 Å². The molecule has 0 radical (unpaired) electrons. The van der Waals surface area contributed by atoms with Gasteiger partial charge in [-0.1, -0.05) is 17.7 Å². The maximum atomic E-state index is 12.7. The van der Waals surface area contributed by atoms with E-state index in [0.717, 1.165) is 4.90 Å². The number of ether oxygens (including phenoxy) is 1. The lowest BCUT2D eigenvalue weighted by Crippen LogP contribution is -3.19. The summed E-state index contributed by atoms with van der Waals surface area (Å²) in [5.41, 5.74) is 0. The second-order valence-electron chi connectivity index (χ2n) is 5.72. The Bertz CT molecular complexity index is 747. The second-order valence-corrected chi connectivity index (χ2v) is 8.10. The number of nitrogens with one attached hydrogen (secondary N) is 2. The van der Waals surface area contributed by atoms with Gasteiger partial charge >= 0.3 is 6.09 Å². The highest BCUT2D eigenvalue weighted by atomic mass is 35.5. The molecule has 0 saturated carbocycles. The van der Waals surface area contributed by atoms with Gasteiger partial charge < -0.3 is 9.64 Å². The molecule has 10 heteroatoms. The van der Waals surface area contributed by atoms with Crippen LogP contribution in [0.25, 0.3) is 0 Å². The number of amides is 2. The minimum atomic E-state index is -3.62. The summed E-state index contributed by atoms with van der Waals surface area (Å²) in [6.45, 7) is 3.15. The van der Waals surface area contributed by atoms with E-state index in [-0.39, 0.29) is 18.0 Å². The summed E-state index contributed by atoms with van der Waals surface area (Å²) in [5.74, 6) is -0.451. The highest BCUT2D eigenvalue weighted by molar-refractivity contribution is 7.89. The zero-order valence-electron chi connectivity index (χ0n) is 14.0. The molecule has 1 aliphatic heterocycles. The molecule has 1 fully saturated rings. The number of halogens is 1. The molecule has 1 heterocycles. The van der Waals surface area contributed by atoms with Crippen molar-refractivity contribution in [3.05, 3.63) is 29.3 Å². The Hall–Kier alpha value is -1.68. The van der Waals surface area contributed by atoms with Crippen LogP contribution in [0, 0.1) is 0 Å². The van der Waals surface area contributed by atoms with Gasteiger partial charge in [0.25, 0.3) is 5.91 Å². The Balaban J connectivity index is 1.99. The number of nitrogens with zero attached hydrogens (tertiary/aromatic N) is 1. The van der Waals surface area contributed by atoms with E-state index in [1.54, 1.807) is 19.1 Å². The van der Waals surface area contributed by atoms with Crippen LogP contribution >= 0.6 is 11.6 Å². The first-order valence-corrected chi connectivity index (χ1v) is 9.56. The van der Waals surface area contributed by atoms with Crippen molar-refractivity contribution in [1.82, 2.24) is 9.62 Å². The third-order valence-corrected chi connectivity index (χ3v) is 6.34. The monoisotopic (exact) mass is 390 g/mol. The Morgan fingerprint density at radius 3 is 2.52 bits per heavy atom. The fraction of sp³-hybridized carbons (Fsp3) is 0.467. The summed E-state index contributed by atoms with van der Waals surface area (Å²) in [6.07, 6.45) is -0.807. The van der Waals surface area contributed by atoms with Crippen LogP contribution in [0.1, 0.15) is 6.92 Å². The van der Waals surface area contributed by atoms with Crippen molar-refractivity contribution in [3.8, 4) is 0 Å². The number of alkyl carbamates (subject to hydrolysis) is 1. The minimum absolute atomic E-state index is 0.153. The molecule has 0 spiro atoms. The number of carbonyl (C=O) groups excluding carboxylic acids is 2. The number of quaternary nitrogens is 1. The molecule has 1 saturated heterocycles. The quantitative estimate of drug-likeness (QED) is 0.722. The predicted octanol–water partition coefficient (Wildman–Crippen LogP) is -0.500. The minimum Gasteiger partial charge on any atom is -0.453 e. The lowest BCUT2D eigenvalue weighted by atomic mass is 10.2. The summed E-state index contributed by atoms with van der Waals surface area (Å²) < 4.78 is 31.1. The number of hydrogen-bond donors (Lipinski definition) is 2. The summed E-state index contributed by atoms with van der Waals surface area (Å²) in [4.78, 5) is 24.1. The van der Waals surface area contributed by atoms with Gasteiger partial charge in [-0.15, -0.1) is 0 Å². The highest BCUT2D eigenvalue weighted by Crippen LogP contribution is 2.19. The average molecular weight is 391 g/mol. The van der Waals surface area contributed by atoms with E-state index in [9.17, 15) is 18.0 Å². The number of imide groups is 1. The molecule has 2 rings (SSSR count). The molecule has 0 aliphatic carbocycles. The zero-order valence-corrected chi connectivity index (χ0v) is 15.6. The van der Waals surface area contributed by atoms with Gasteiger partial charge in [0.05, 0.1) is 38.2 Å². The first-order valence-electron chi connectivity index (χ1n) is 7.75. The number of sulfonamides is 1. The molecule has 2 amide bonds. The van der Waals surface area contributed by atoms with Crippen LogP contribution < -0.4 is 10.2 Å². The van der Waals surface area contributed by atoms with E-state index < -0.39 is 28.1 Å². The molecule has 1 atom stereocenters. The van der Waals surface area contributed by atoms with Crippen molar-refractivity contribution >= 4 is 33.6 Å². The topological polar surface area (TPSA) is 97.2 Å². The highest BCUT2D eigenvalue weighted by Gasteiger charge is 2.34. The van der Waals surface area contributed by atoms with E-state index in [2.05, 4.69) is 10.1 Å². The summed E-state index contributed by atoms with van der Waals surface area (Å²) in [5, 5.41) is 2.49. The molecule has 25 heavy (non-hydrogen) atoms. The molecule has 1 aliphatic rings. The standard InChI is InChI=1S/C15H20ClN3O5S/c1-11(14(20)17-15(21)24-2)18-6-8-19(9-7-18)25(22,23)13-5-3-4-12(16)10-13/h3-5,10-11H,6-9H2,1-2H3,(H,17,20,21)/p+1/t11-/m0/s1. The molecule has 1 aromatic rings. The Morgan fingerprint density at radius 1 is 1.32 bits per heavy atom. The van der Waals surface area contributed by atoms with E-state index in [1.165, 1.54) is 23.5 Å². The molecular weight excluding hydrogens is 370 g/mol. The number of rotatable bonds is 4. The van der Waals surface area contributed by atoms with Crippen LogP contribution in [-0.2, 0) is 19.6 Å². The van der Waals surface area contributed by atoms with Gasteiger partial charge in [0.1, 0.15) is 0 Å². The first kappa shape index (κ1) is 19.6. The lowest BCUT2D eigenvalue weighted by molar-refractivity contribution is -0.917. The molecular formula is C15H21ClN3O5S+. The number of piperazine rings is 1. The van der Waals surface area contributed by atoms with Crippen LogP contribution in [0.2, 0.25) is 5.02 Å². The smallest absolute Gasteiger partial charge is 0.413 e. The second kappa shape index (κ2) is 8.13. The molecule has 1 aromatic carbocycles. The number of hydrogen-bond acceptors (Lipinski definition) is 5. The van der Waals surface area contributed by atoms with Gasteiger partial charge in [0.15, 0.2) is 6.04 Å². The molecule has 0 aromatic heterocycles. The van der Waals surface area contributed by atoms with E-state index in [4.69, 9.17) is 11.6 Å². The van der Waals surface area contributed by atoms with Gasteiger partial charge in [0, 0.05) is 5.02 Å². The van der Waals surface area contributed by atoms with E-state index >= 15 is 0 Å². The van der Waals surface area contributed by atoms with Crippen LogP contribution in [0.5, 0.6) is 0 Å². The molecule has 0 unspecified atom stereocenters.